The molecule has 84 valence electrons. The van der Waals surface area contributed by atoms with E-state index in [0.29, 0.717) is 18.4 Å². The van der Waals surface area contributed by atoms with E-state index in [0.717, 1.165) is 13.1 Å². The lowest BCUT2D eigenvalue weighted by atomic mass is 10.1. The molecule has 0 saturated carbocycles. The van der Waals surface area contributed by atoms with Gasteiger partial charge in [-0.05, 0) is 26.8 Å². The molecule has 0 fully saturated rings. The first-order valence-corrected chi connectivity index (χ1v) is 5.43. The quantitative estimate of drug-likeness (QED) is 0.704. The van der Waals surface area contributed by atoms with Crippen LogP contribution < -0.4 is 5.32 Å². The van der Waals surface area contributed by atoms with Crippen molar-refractivity contribution in [3.05, 3.63) is 0 Å². The molecule has 0 atom stereocenters. The minimum atomic E-state index is 0.253. The van der Waals surface area contributed by atoms with Crippen LogP contribution >= 0.6 is 0 Å². The SMILES string of the molecule is CNCCC(=O)N(CC(C)C)C(C)C. The molecule has 0 unspecified atom stereocenters. The van der Waals surface area contributed by atoms with Crippen molar-refractivity contribution in [2.24, 2.45) is 5.92 Å². The number of amides is 1. The van der Waals surface area contributed by atoms with Crippen molar-refractivity contribution in [2.75, 3.05) is 20.1 Å². The van der Waals surface area contributed by atoms with Gasteiger partial charge in [-0.15, -0.1) is 0 Å². The highest BCUT2D eigenvalue weighted by Crippen LogP contribution is 2.06. The van der Waals surface area contributed by atoms with E-state index in [9.17, 15) is 4.79 Å². The third kappa shape index (κ3) is 5.22. The van der Waals surface area contributed by atoms with Gasteiger partial charge in [0.1, 0.15) is 0 Å². The number of rotatable bonds is 6. The summed E-state index contributed by atoms with van der Waals surface area (Å²) in [6.45, 7) is 10.0. The van der Waals surface area contributed by atoms with E-state index in [4.69, 9.17) is 0 Å². The first kappa shape index (κ1) is 13.4. The third-order valence-corrected chi connectivity index (χ3v) is 2.09. The zero-order valence-electron chi connectivity index (χ0n) is 10.1. The van der Waals surface area contributed by atoms with Crippen LogP contribution in [0.3, 0.4) is 0 Å². The maximum atomic E-state index is 11.8. The Morgan fingerprint density at radius 3 is 2.21 bits per heavy atom. The Bertz CT molecular complexity index is 167. The van der Waals surface area contributed by atoms with Crippen molar-refractivity contribution in [3.8, 4) is 0 Å². The number of nitrogens with zero attached hydrogens (tertiary/aromatic N) is 1. The number of hydrogen-bond acceptors (Lipinski definition) is 2. The molecule has 3 heteroatoms. The zero-order chi connectivity index (χ0) is 11.1. The van der Waals surface area contributed by atoms with Gasteiger partial charge in [0, 0.05) is 25.6 Å². The fourth-order valence-electron chi connectivity index (χ4n) is 1.37. The molecule has 0 saturated heterocycles. The summed E-state index contributed by atoms with van der Waals surface area (Å²) < 4.78 is 0. The van der Waals surface area contributed by atoms with Gasteiger partial charge in [0.2, 0.25) is 5.91 Å². The summed E-state index contributed by atoms with van der Waals surface area (Å²) in [6, 6.07) is 0.307. The molecule has 0 aliphatic heterocycles. The molecule has 0 radical (unpaired) electrons. The van der Waals surface area contributed by atoms with E-state index < -0.39 is 0 Å². The largest absolute Gasteiger partial charge is 0.340 e. The molecule has 0 rings (SSSR count). The Morgan fingerprint density at radius 1 is 1.29 bits per heavy atom. The highest BCUT2D eigenvalue weighted by Gasteiger charge is 2.16. The minimum Gasteiger partial charge on any atom is -0.340 e. The Kier molecular flexibility index (Phi) is 6.54. The smallest absolute Gasteiger partial charge is 0.224 e. The highest BCUT2D eigenvalue weighted by atomic mass is 16.2. The van der Waals surface area contributed by atoms with Gasteiger partial charge in [-0.25, -0.2) is 0 Å². The maximum Gasteiger partial charge on any atom is 0.224 e. The average molecular weight is 200 g/mol. The fourth-order valence-corrected chi connectivity index (χ4v) is 1.37. The third-order valence-electron chi connectivity index (χ3n) is 2.09. The first-order valence-electron chi connectivity index (χ1n) is 5.43. The maximum absolute atomic E-state index is 11.8. The molecule has 0 spiro atoms. The normalized spacial score (nSPS) is 11.1. The minimum absolute atomic E-state index is 0.253. The van der Waals surface area contributed by atoms with Crippen molar-refractivity contribution in [1.29, 1.82) is 0 Å². The van der Waals surface area contributed by atoms with Crippen LogP contribution in [-0.2, 0) is 4.79 Å². The molecule has 0 aromatic rings. The Hall–Kier alpha value is -0.570. The summed E-state index contributed by atoms with van der Waals surface area (Å²) >= 11 is 0. The van der Waals surface area contributed by atoms with Gasteiger partial charge < -0.3 is 10.2 Å². The van der Waals surface area contributed by atoms with E-state index in [2.05, 4.69) is 33.0 Å². The lowest BCUT2D eigenvalue weighted by Gasteiger charge is -2.28. The van der Waals surface area contributed by atoms with E-state index in [1.165, 1.54) is 0 Å². The number of nitrogens with one attached hydrogen (secondary N) is 1. The van der Waals surface area contributed by atoms with Crippen LogP contribution in [0.5, 0.6) is 0 Å². The molecule has 0 aromatic carbocycles. The first-order chi connectivity index (χ1) is 6.49. The lowest BCUT2D eigenvalue weighted by molar-refractivity contribution is -0.133. The highest BCUT2D eigenvalue weighted by molar-refractivity contribution is 5.76. The van der Waals surface area contributed by atoms with Crippen molar-refractivity contribution in [2.45, 2.75) is 40.2 Å². The molecule has 3 nitrogen and oxygen atoms in total. The van der Waals surface area contributed by atoms with E-state index in [-0.39, 0.29) is 5.91 Å². The summed E-state index contributed by atoms with van der Waals surface area (Å²) in [5.41, 5.74) is 0. The monoisotopic (exact) mass is 200 g/mol. The van der Waals surface area contributed by atoms with Gasteiger partial charge in [-0.1, -0.05) is 13.8 Å². The molecular weight excluding hydrogens is 176 g/mol. The van der Waals surface area contributed by atoms with Crippen LogP contribution in [0.25, 0.3) is 0 Å². The summed E-state index contributed by atoms with van der Waals surface area (Å²) in [6.07, 6.45) is 0.599. The van der Waals surface area contributed by atoms with Crippen LogP contribution in [0.15, 0.2) is 0 Å². The van der Waals surface area contributed by atoms with E-state index >= 15 is 0 Å². The van der Waals surface area contributed by atoms with Crippen LogP contribution in [0.1, 0.15) is 34.1 Å². The second-order valence-electron chi connectivity index (χ2n) is 4.39. The predicted octanol–water partition coefficient (Wildman–Crippen LogP) is 1.49. The summed E-state index contributed by atoms with van der Waals surface area (Å²) in [5.74, 6) is 0.791. The van der Waals surface area contributed by atoms with Gasteiger partial charge in [0.05, 0.1) is 0 Å². The van der Waals surface area contributed by atoms with Gasteiger partial charge >= 0.3 is 0 Å². The molecule has 0 bridgehead atoms. The fraction of sp³-hybridized carbons (Fsp3) is 0.909. The second-order valence-corrected chi connectivity index (χ2v) is 4.39. The Balaban J connectivity index is 4.12. The lowest BCUT2D eigenvalue weighted by Crippen LogP contribution is -2.40. The number of carbonyl (C=O) groups is 1. The van der Waals surface area contributed by atoms with Gasteiger partial charge in [-0.2, -0.15) is 0 Å². The van der Waals surface area contributed by atoms with E-state index in [1.54, 1.807) is 0 Å². The predicted molar refractivity (Wildman–Crippen MR) is 60.2 cm³/mol. The average Bonchev–Trinajstić information content (AvgIpc) is 2.09. The number of hydrogen-bond donors (Lipinski definition) is 1. The molecular formula is C11H24N2O. The molecule has 0 aromatic heterocycles. The topological polar surface area (TPSA) is 32.3 Å². The summed E-state index contributed by atoms with van der Waals surface area (Å²) in [7, 11) is 1.87. The summed E-state index contributed by atoms with van der Waals surface area (Å²) in [5, 5.41) is 3.00. The van der Waals surface area contributed by atoms with Gasteiger partial charge in [0.15, 0.2) is 0 Å². The van der Waals surface area contributed by atoms with Gasteiger partial charge in [0.25, 0.3) is 0 Å². The standard InChI is InChI=1S/C11H24N2O/c1-9(2)8-13(10(3)4)11(14)6-7-12-5/h9-10,12H,6-8H2,1-5H3. The van der Waals surface area contributed by atoms with Gasteiger partial charge in [-0.3, -0.25) is 4.79 Å². The zero-order valence-corrected chi connectivity index (χ0v) is 10.1. The van der Waals surface area contributed by atoms with Crippen molar-refractivity contribution < 1.29 is 4.79 Å². The molecule has 1 N–H and O–H groups in total. The Labute approximate surface area is 87.9 Å². The molecule has 0 aliphatic carbocycles. The molecule has 0 aliphatic rings. The molecule has 1 amide bonds. The van der Waals surface area contributed by atoms with E-state index in [1.807, 2.05) is 11.9 Å². The molecule has 14 heavy (non-hydrogen) atoms. The van der Waals surface area contributed by atoms with Crippen LogP contribution in [0.4, 0.5) is 0 Å². The Morgan fingerprint density at radius 2 is 1.86 bits per heavy atom. The number of carbonyl (C=O) groups excluding carboxylic acids is 1. The van der Waals surface area contributed by atoms with Crippen LogP contribution in [0.2, 0.25) is 0 Å². The molecule has 0 heterocycles. The summed E-state index contributed by atoms with van der Waals surface area (Å²) in [4.78, 5) is 13.7. The van der Waals surface area contributed by atoms with Crippen molar-refractivity contribution in [1.82, 2.24) is 10.2 Å². The second kappa shape index (κ2) is 6.82. The van der Waals surface area contributed by atoms with Crippen molar-refractivity contribution >= 4 is 5.91 Å². The van der Waals surface area contributed by atoms with Crippen LogP contribution in [0, 0.1) is 5.92 Å². The van der Waals surface area contributed by atoms with Crippen molar-refractivity contribution in [3.63, 3.8) is 0 Å². The van der Waals surface area contributed by atoms with Crippen LogP contribution in [-0.4, -0.2) is 37.0 Å².